The van der Waals surface area contributed by atoms with Gasteiger partial charge in [-0.1, -0.05) is 110 Å². The van der Waals surface area contributed by atoms with Crippen LogP contribution in [-0.4, -0.2) is 76.6 Å². The van der Waals surface area contributed by atoms with Gasteiger partial charge >= 0.3 is 6.09 Å². The Labute approximate surface area is 228 Å². The van der Waals surface area contributed by atoms with Gasteiger partial charge in [0.2, 0.25) is 0 Å². The zero-order valence-electron chi connectivity index (χ0n) is 25.0. The molecule has 0 spiro atoms. The summed E-state index contributed by atoms with van der Waals surface area (Å²) in [5.41, 5.74) is 0. The number of unbranched alkanes of at least 4 members (excludes halogenated alkanes) is 15. The summed E-state index contributed by atoms with van der Waals surface area (Å²) >= 11 is 0. The highest BCUT2D eigenvalue weighted by atomic mass is 31.2. The molecule has 2 atom stereocenters. The molecule has 0 N–H and O–H groups in total. The summed E-state index contributed by atoms with van der Waals surface area (Å²) in [6.07, 6.45) is 19.7. The molecule has 222 valence electrons. The first-order valence-corrected chi connectivity index (χ1v) is 16.2. The number of ether oxygens (including phenoxy) is 1. The smallest absolute Gasteiger partial charge is 0.409 e. The molecule has 8 nitrogen and oxygen atoms in total. The lowest BCUT2D eigenvalue weighted by atomic mass is 10.0. The molecule has 0 aromatic heterocycles. The van der Waals surface area contributed by atoms with Crippen molar-refractivity contribution < 1.29 is 32.5 Å². The van der Waals surface area contributed by atoms with Crippen LogP contribution in [0.4, 0.5) is 4.79 Å². The first kappa shape index (κ1) is 36.3. The molecular weight excluding hydrogens is 491 g/mol. The number of rotatable bonds is 25. The van der Waals surface area contributed by atoms with E-state index in [4.69, 9.17) is 13.8 Å². The third-order valence-electron chi connectivity index (χ3n) is 6.43. The fourth-order valence-corrected chi connectivity index (χ4v) is 4.92. The first-order valence-electron chi connectivity index (χ1n) is 14.8. The van der Waals surface area contributed by atoms with Gasteiger partial charge in [-0.3, -0.25) is 4.57 Å². The van der Waals surface area contributed by atoms with Crippen molar-refractivity contribution in [1.82, 2.24) is 4.90 Å². The molecule has 1 amide bonds. The summed E-state index contributed by atoms with van der Waals surface area (Å²) < 4.78 is 28.4. The number of carbonyl (C=O) groups excluding carboxylic acids is 1. The summed E-state index contributed by atoms with van der Waals surface area (Å²) in [5, 5.41) is 0. The van der Waals surface area contributed by atoms with Crippen LogP contribution in [0.3, 0.4) is 0 Å². The van der Waals surface area contributed by atoms with Gasteiger partial charge in [-0.05, 0) is 6.42 Å². The third kappa shape index (κ3) is 25.4. The Balaban J connectivity index is 4.05. The molecular formula is C28H59N2O6P. The van der Waals surface area contributed by atoms with Crippen LogP contribution < -0.4 is 4.89 Å². The number of phosphoric acid groups is 1. The molecule has 0 aliphatic heterocycles. The number of amides is 1. The molecule has 0 heterocycles. The second kappa shape index (κ2) is 22.2. The third-order valence-corrected chi connectivity index (χ3v) is 7.48. The van der Waals surface area contributed by atoms with Crippen molar-refractivity contribution in [2.45, 2.75) is 122 Å². The van der Waals surface area contributed by atoms with Crippen LogP contribution in [0.25, 0.3) is 0 Å². The van der Waals surface area contributed by atoms with E-state index >= 15 is 0 Å². The van der Waals surface area contributed by atoms with Crippen molar-refractivity contribution in [2.24, 2.45) is 0 Å². The fourth-order valence-electron chi connectivity index (χ4n) is 4.02. The average molecular weight is 551 g/mol. The number of hydrogen-bond donors (Lipinski definition) is 0. The predicted octanol–water partition coefficient (Wildman–Crippen LogP) is 6.91. The largest absolute Gasteiger partial charge is 0.756 e. The first-order chi connectivity index (χ1) is 17.5. The molecule has 0 aliphatic carbocycles. The fraction of sp³-hybridized carbons (Fsp3) is 0.964. The van der Waals surface area contributed by atoms with Crippen molar-refractivity contribution in [2.75, 3.05) is 55.0 Å². The Hall–Kier alpha value is -0.660. The van der Waals surface area contributed by atoms with Crippen LogP contribution in [0.5, 0.6) is 0 Å². The summed E-state index contributed by atoms with van der Waals surface area (Å²) in [6, 6.07) is 0. The van der Waals surface area contributed by atoms with E-state index in [1.165, 1.54) is 88.4 Å². The molecule has 37 heavy (non-hydrogen) atoms. The van der Waals surface area contributed by atoms with Crippen molar-refractivity contribution in [3.63, 3.8) is 0 Å². The number of phosphoric ester groups is 1. The molecule has 0 bridgehead atoms. The van der Waals surface area contributed by atoms with E-state index in [2.05, 4.69) is 6.92 Å². The number of quaternary nitrogens is 1. The standard InChI is InChI=1S/C28H59N2O6P/c1-7-8-9-10-11-12-13-14-15-16-17-18-19-20-21-22-23-27(26-34-28(31)29(2)3)36-37(32,33)35-25-24-30(4,5)6/h27H,7-26H2,1-6H3. The van der Waals surface area contributed by atoms with Gasteiger partial charge in [0.05, 0.1) is 21.1 Å². The molecule has 9 heteroatoms. The highest BCUT2D eigenvalue weighted by molar-refractivity contribution is 7.45. The second-order valence-electron chi connectivity index (χ2n) is 11.6. The number of nitrogens with zero attached hydrogens (tertiary/aromatic N) is 2. The van der Waals surface area contributed by atoms with Crippen LogP contribution in [0.2, 0.25) is 0 Å². The van der Waals surface area contributed by atoms with Gasteiger partial charge < -0.3 is 28.1 Å². The van der Waals surface area contributed by atoms with Crippen LogP contribution in [0, 0.1) is 0 Å². The zero-order valence-corrected chi connectivity index (χ0v) is 25.9. The van der Waals surface area contributed by atoms with Crippen LogP contribution in [0.15, 0.2) is 0 Å². The normalized spacial score (nSPS) is 14.4. The van der Waals surface area contributed by atoms with E-state index in [0.29, 0.717) is 17.4 Å². The number of hydrogen-bond acceptors (Lipinski definition) is 6. The van der Waals surface area contributed by atoms with Gasteiger partial charge in [0.15, 0.2) is 0 Å². The van der Waals surface area contributed by atoms with E-state index in [1.807, 2.05) is 21.1 Å². The van der Waals surface area contributed by atoms with E-state index in [0.717, 1.165) is 19.3 Å². The molecule has 0 rings (SSSR count). The van der Waals surface area contributed by atoms with E-state index in [9.17, 15) is 14.3 Å². The van der Waals surface area contributed by atoms with Gasteiger partial charge in [0, 0.05) is 14.1 Å². The van der Waals surface area contributed by atoms with Crippen LogP contribution in [-0.2, 0) is 18.3 Å². The summed E-state index contributed by atoms with van der Waals surface area (Å²) in [6.45, 7) is 2.74. The van der Waals surface area contributed by atoms with E-state index in [1.54, 1.807) is 14.1 Å². The maximum Gasteiger partial charge on any atom is 0.409 e. The van der Waals surface area contributed by atoms with Gasteiger partial charge in [-0.2, -0.15) is 0 Å². The maximum atomic E-state index is 12.3. The van der Waals surface area contributed by atoms with Gasteiger partial charge in [0.1, 0.15) is 25.9 Å². The SMILES string of the molecule is CCCCCCCCCCCCCCCCCCC(COC(=O)N(C)C)OP(=O)([O-])OCC[N+](C)(C)C. The predicted molar refractivity (Wildman–Crippen MR) is 151 cm³/mol. The Morgan fingerprint density at radius 1 is 0.811 bits per heavy atom. The number of likely N-dealkylation sites (N-methyl/N-ethyl adjacent to an activating group) is 1. The van der Waals surface area contributed by atoms with Gasteiger partial charge in [-0.25, -0.2) is 4.79 Å². The van der Waals surface area contributed by atoms with Crippen LogP contribution >= 0.6 is 7.82 Å². The van der Waals surface area contributed by atoms with Crippen molar-refractivity contribution in [1.29, 1.82) is 0 Å². The molecule has 0 aliphatic rings. The molecule has 0 radical (unpaired) electrons. The Kier molecular flexibility index (Phi) is 21.8. The molecule has 2 unspecified atom stereocenters. The Bertz CT molecular complexity index is 598. The highest BCUT2D eigenvalue weighted by Crippen LogP contribution is 2.40. The van der Waals surface area contributed by atoms with Gasteiger partial charge in [-0.15, -0.1) is 0 Å². The molecule has 0 aromatic rings. The summed E-state index contributed by atoms with van der Waals surface area (Å²) in [7, 11) is 4.57. The molecule has 0 saturated carbocycles. The number of carbonyl (C=O) groups is 1. The molecule has 0 saturated heterocycles. The average Bonchev–Trinajstić information content (AvgIpc) is 2.80. The van der Waals surface area contributed by atoms with Crippen LogP contribution in [0.1, 0.15) is 116 Å². The lowest BCUT2D eigenvalue weighted by Gasteiger charge is -2.30. The zero-order chi connectivity index (χ0) is 28.0. The minimum absolute atomic E-state index is 0.0491. The quantitative estimate of drug-likeness (QED) is 0.0697. The lowest BCUT2D eigenvalue weighted by Crippen LogP contribution is -2.37. The Morgan fingerprint density at radius 2 is 1.24 bits per heavy atom. The highest BCUT2D eigenvalue weighted by Gasteiger charge is 2.21. The van der Waals surface area contributed by atoms with Crippen molar-refractivity contribution in [3.8, 4) is 0 Å². The Morgan fingerprint density at radius 3 is 1.65 bits per heavy atom. The lowest BCUT2D eigenvalue weighted by molar-refractivity contribution is -0.870. The van der Waals surface area contributed by atoms with Gasteiger partial charge in [0.25, 0.3) is 7.82 Å². The van der Waals surface area contributed by atoms with Crippen molar-refractivity contribution >= 4 is 13.9 Å². The topological polar surface area (TPSA) is 88.1 Å². The maximum absolute atomic E-state index is 12.3. The summed E-state index contributed by atoms with van der Waals surface area (Å²) in [5.74, 6) is 0. The monoisotopic (exact) mass is 550 g/mol. The van der Waals surface area contributed by atoms with E-state index < -0.39 is 20.0 Å². The molecule has 0 fully saturated rings. The minimum atomic E-state index is -4.47. The van der Waals surface area contributed by atoms with E-state index in [-0.39, 0.29) is 13.2 Å². The van der Waals surface area contributed by atoms with Crippen molar-refractivity contribution in [3.05, 3.63) is 0 Å². The summed E-state index contributed by atoms with van der Waals surface area (Å²) in [4.78, 5) is 25.4. The second-order valence-corrected chi connectivity index (χ2v) is 12.9. The minimum Gasteiger partial charge on any atom is -0.756 e. The molecule has 0 aromatic carbocycles.